The number of ether oxygens (including phenoxy) is 2. The predicted octanol–water partition coefficient (Wildman–Crippen LogP) is 3.48. The number of aliphatic hydroxyl groups is 1. The molecule has 0 amide bonds. The monoisotopic (exact) mass is 398 g/mol. The third-order valence-corrected chi connectivity index (χ3v) is 5.25. The Morgan fingerprint density at radius 3 is 2.62 bits per heavy atom. The molecule has 1 N–H and O–H groups in total. The molecule has 0 aliphatic carbocycles. The Labute approximate surface area is 174 Å². The zero-order valence-corrected chi connectivity index (χ0v) is 17.9. The summed E-state index contributed by atoms with van der Waals surface area (Å²) in [5, 5.41) is 10.6. The normalized spacial score (nSPS) is 17.5. The van der Waals surface area contributed by atoms with Gasteiger partial charge in [-0.1, -0.05) is 24.3 Å². The van der Waals surface area contributed by atoms with E-state index in [1.54, 1.807) is 0 Å². The van der Waals surface area contributed by atoms with Gasteiger partial charge in [-0.15, -0.1) is 0 Å². The first-order valence-corrected chi connectivity index (χ1v) is 10.5. The second-order valence-electron chi connectivity index (χ2n) is 8.17. The number of rotatable bonds is 10. The molecular weight excluding hydrogens is 364 g/mol. The van der Waals surface area contributed by atoms with Crippen LogP contribution in [0.3, 0.4) is 0 Å². The standard InChI is InChI=1S/C24H34N2O3/c1-19-6-4-7-23(14-19)29-18-22(27)16-26(17-24-8-5-13-28-24)15-20-9-11-21(12-10-20)25(2)3/h4,6-7,9-12,14,22,24,27H,5,8,13,15-18H2,1-3H3. The van der Waals surface area contributed by atoms with E-state index in [-0.39, 0.29) is 12.7 Å². The van der Waals surface area contributed by atoms with E-state index in [0.717, 1.165) is 43.9 Å². The molecule has 2 aromatic rings. The van der Waals surface area contributed by atoms with E-state index in [1.807, 2.05) is 45.3 Å². The zero-order valence-electron chi connectivity index (χ0n) is 17.9. The van der Waals surface area contributed by atoms with Crippen molar-refractivity contribution in [3.63, 3.8) is 0 Å². The molecule has 0 saturated carbocycles. The Balaban J connectivity index is 1.58. The number of benzene rings is 2. The minimum Gasteiger partial charge on any atom is -0.491 e. The maximum Gasteiger partial charge on any atom is 0.119 e. The second kappa shape index (κ2) is 10.6. The SMILES string of the molecule is Cc1cccc(OCC(O)CN(Cc2ccc(N(C)C)cc2)CC2CCCO2)c1. The molecule has 2 unspecified atom stereocenters. The molecule has 0 radical (unpaired) electrons. The lowest BCUT2D eigenvalue weighted by Crippen LogP contribution is -2.39. The average molecular weight is 399 g/mol. The molecule has 1 saturated heterocycles. The van der Waals surface area contributed by atoms with E-state index in [4.69, 9.17) is 9.47 Å². The minimum absolute atomic E-state index is 0.251. The highest BCUT2D eigenvalue weighted by molar-refractivity contribution is 5.45. The Morgan fingerprint density at radius 1 is 1.17 bits per heavy atom. The van der Waals surface area contributed by atoms with Gasteiger partial charge in [0.15, 0.2) is 0 Å². The van der Waals surface area contributed by atoms with Gasteiger partial charge >= 0.3 is 0 Å². The first-order valence-electron chi connectivity index (χ1n) is 10.5. The van der Waals surface area contributed by atoms with E-state index in [1.165, 1.54) is 11.3 Å². The van der Waals surface area contributed by atoms with Gasteiger partial charge < -0.3 is 19.5 Å². The van der Waals surface area contributed by atoms with Gasteiger partial charge in [0, 0.05) is 46.0 Å². The summed E-state index contributed by atoms with van der Waals surface area (Å²) >= 11 is 0. The number of aliphatic hydroxyl groups excluding tert-OH is 1. The van der Waals surface area contributed by atoms with Gasteiger partial charge in [-0.2, -0.15) is 0 Å². The lowest BCUT2D eigenvalue weighted by atomic mass is 10.1. The summed E-state index contributed by atoms with van der Waals surface area (Å²) in [6.45, 7) is 5.33. The van der Waals surface area contributed by atoms with Crippen LogP contribution in [-0.4, -0.2) is 62.6 Å². The quantitative estimate of drug-likeness (QED) is 0.664. The fourth-order valence-electron chi connectivity index (χ4n) is 3.69. The second-order valence-corrected chi connectivity index (χ2v) is 8.17. The van der Waals surface area contributed by atoms with Crippen LogP contribution in [0.5, 0.6) is 5.75 Å². The van der Waals surface area contributed by atoms with Crippen LogP contribution >= 0.6 is 0 Å². The van der Waals surface area contributed by atoms with Crippen LogP contribution < -0.4 is 9.64 Å². The van der Waals surface area contributed by atoms with Crippen LogP contribution in [0, 0.1) is 6.92 Å². The first kappa shape index (κ1) is 21.6. The van der Waals surface area contributed by atoms with E-state index < -0.39 is 6.10 Å². The maximum absolute atomic E-state index is 10.6. The summed E-state index contributed by atoms with van der Waals surface area (Å²) in [6.07, 6.45) is 1.90. The molecule has 0 spiro atoms. The maximum atomic E-state index is 10.6. The Kier molecular flexibility index (Phi) is 7.92. The molecule has 1 heterocycles. The van der Waals surface area contributed by atoms with Crippen LogP contribution in [0.1, 0.15) is 24.0 Å². The minimum atomic E-state index is -0.557. The van der Waals surface area contributed by atoms with Crippen molar-refractivity contribution in [1.29, 1.82) is 0 Å². The Bertz CT molecular complexity index is 742. The van der Waals surface area contributed by atoms with Crippen LogP contribution in [0.2, 0.25) is 0 Å². The molecule has 29 heavy (non-hydrogen) atoms. The number of aryl methyl sites for hydroxylation is 1. The molecule has 3 rings (SSSR count). The number of anilines is 1. The van der Waals surface area contributed by atoms with E-state index in [2.05, 4.69) is 34.1 Å². The Hall–Kier alpha value is -2.08. The molecule has 1 aliphatic heterocycles. The van der Waals surface area contributed by atoms with Crippen molar-refractivity contribution >= 4 is 5.69 Å². The predicted molar refractivity (Wildman–Crippen MR) is 118 cm³/mol. The van der Waals surface area contributed by atoms with Crippen molar-refractivity contribution in [2.24, 2.45) is 0 Å². The smallest absolute Gasteiger partial charge is 0.119 e. The highest BCUT2D eigenvalue weighted by Crippen LogP contribution is 2.18. The van der Waals surface area contributed by atoms with Gasteiger partial charge in [-0.05, 0) is 55.2 Å². The summed E-state index contributed by atoms with van der Waals surface area (Å²) in [5.74, 6) is 0.800. The lowest BCUT2D eigenvalue weighted by molar-refractivity contribution is 0.0313. The molecule has 0 bridgehead atoms. The van der Waals surface area contributed by atoms with Crippen molar-refractivity contribution in [1.82, 2.24) is 4.90 Å². The number of hydrogen-bond acceptors (Lipinski definition) is 5. The number of nitrogens with zero attached hydrogens (tertiary/aromatic N) is 2. The summed E-state index contributed by atoms with van der Waals surface area (Å²) in [7, 11) is 4.09. The highest BCUT2D eigenvalue weighted by Gasteiger charge is 2.21. The van der Waals surface area contributed by atoms with Gasteiger partial charge in [0.05, 0.1) is 6.10 Å². The molecule has 158 valence electrons. The summed E-state index contributed by atoms with van der Waals surface area (Å²) in [4.78, 5) is 4.38. The van der Waals surface area contributed by atoms with Gasteiger partial charge in [0.1, 0.15) is 18.5 Å². The van der Waals surface area contributed by atoms with Crippen molar-refractivity contribution in [3.8, 4) is 5.75 Å². The molecule has 5 heteroatoms. The third-order valence-electron chi connectivity index (χ3n) is 5.25. The van der Waals surface area contributed by atoms with Gasteiger partial charge in [-0.25, -0.2) is 0 Å². The van der Waals surface area contributed by atoms with E-state index in [9.17, 15) is 5.11 Å². The summed E-state index contributed by atoms with van der Waals surface area (Å²) in [6, 6.07) is 16.5. The topological polar surface area (TPSA) is 45.2 Å². The van der Waals surface area contributed by atoms with Crippen LogP contribution in [0.4, 0.5) is 5.69 Å². The molecule has 0 aromatic heterocycles. The fourth-order valence-corrected chi connectivity index (χ4v) is 3.69. The highest BCUT2D eigenvalue weighted by atomic mass is 16.5. The van der Waals surface area contributed by atoms with Gasteiger partial charge in [-0.3, -0.25) is 4.90 Å². The van der Waals surface area contributed by atoms with Crippen LogP contribution in [0.25, 0.3) is 0 Å². The summed E-state index contributed by atoms with van der Waals surface area (Å²) < 4.78 is 11.6. The van der Waals surface area contributed by atoms with Crippen molar-refractivity contribution < 1.29 is 14.6 Å². The molecular formula is C24H34N2O3. The van der Waals surface area contributed by atoms with Crippen LogP contribution in [0.15, 0.2) is 48.5 Å². The number of hydrogen-bond donors (Lipinski definition) is 1. The average Bonchev–Trinajstić information content (AvgIpc) is 3.20. The largest absolute Gasteiger partial charge is 0.491 e. The molecule has 2 aromatic carbocycles. The summed E-state index contributed by atoms with van der Waals surface area (Å²) in [5.41, 5.74) is 3.57. The van der Waals surface area contributed by atoms with Crippen LogP contribution in [-0.2, 0) is 11.3 Å². The fraction of sp³-hybridized carbons (Fsp3) is 0.500. The lowest BCUT2D eigenvalue weighted by Gasteiger charge is -2.27. The molecule has 1 aliphatic rings. The third kappa shape index (κ3) is 7.03. The van der Waals surface area contributed by atoms with E-state index in [0.29, 0.717) is 6.54 Å². The van der Waals surface area contributed by atoms with Crippen molar-refractivity contribution in [2.75, 3.05) is 45.3 Å². The Morgan fingerprint density at radius 2 is 1.97 bits per heavy atom. The first-order chi connectivity index (χ1) is 14.0. The van der Waals surface area contributed by atoms with Gasteiger partial charge in [0.25, 0.3) is 0 Å². The molecule has 5 nitrogen and oxygen atoms in total. The zero-order chi connectivity index (χ0) is 20.6. The van der Waals surface area contributed by atoms with E-state index >= 15 is 0 Å². The van der Waals surface area contributed by atoms with Crippen molar-refractivity contribution in [3.05, 3.63) is 59.7 Å². The van der Waals surface area contributed by atoms with Gasteiger partial charge in [0.2, 0.25) is 0 Å². The molecule has 1 fully saturated rings. The van der Waals surface area contributed by atoms with Crippen molar-refractivity contribution in [2.45, 2.75) is 38.5 Å². The molecule has 2 atom stereocenters.